The third-order valence-electron chi connectivity index (χ3n) is 2.49. The Morgan fingerprint density at radius 3 is 2.50 bits per heavy atom. The number of ketones is 1. The molecule has 0 aliphatic carbocycles. The number of hydrogen-bond acceptors (Lipinski definition) is 2. The van der Waals surface area contributed by atoms with Crippen molar-refractivity contribution in [2.75, 3.05) is 0 Å². The highest BCUT2D eigenvalue weighted by Gasteiger charge is 2.03. The maximum Gasteiger partial charge on any atom is 0.185 e. The monoisotopic (exact) mass is 258 g/mol. The molecule has 0 unspecified atom stereocenters. The molecule has 0 fully saturated rings. The van der Waals surface area contributed by atoms with Gasteiger partial charge in [0.1, 0.15) is 5.75 Å². The number of para-hydroxylation sites is 1. The van der Waals surface area contributed by atoms with Crippen LogP contribution in [0.1, 0.15) is 15.9 Å². The van der Waals surface area contributed by atoms with E-state index >= 15 is 0 Å². The SMILES string of the molecule is O=C(/C=C/c1cccc(Cl)c1O)c1ccccc1. The number of phenolic OH excluding ortho intramolecular Hbond substituents is 1. The van der Waals surface area contributed by atoms with Gasteiger partial charge in [0.15, 0.2) is 5.78 Å². The van der Waals surface area contributed by atoms with Crippen LogP contribution in [0.4, 0.5) is 0 Å². The first kappa shape index (κ1) is 12.4. The summed E-state index contributed by atoms with van der Waals surface area (Å²) in [6.45, 7) is 0. The van der Waals surface area contributed by atoms with Crippen molar-refractivity contribution < 1.29 is 9.90 Å². The zero-order valence-electron chi connectivity index (χ0n) is 9.51. The zero-order chi connectivity index (χ0) is 13.0. The molecular formula is C15H11ClO2. The molecule has 0 amide bonds. The van der Waals surface area contributed by atoms with Crippen LogP contribution >= 0.6 is 11.6 Å². The van der Waals surface area contributed by atoms with Gasteiger partial charge in [-0.15, -0.1) is 0 Å². The van der Waals surface area contributed by atoms with Gasteiger partial charge in [-0.1, -0.05) is 54.1 Å². The zero-order valence-corrected chi connectivity index (χ0v) is 10.3. The van der Waals surface area contributed by atoms with Crippen LogP contribution < -0.4 is 0 Å². The molecule has 0 aliphatic heterocycles. The van der Waals surface area contributed by atoms with Gasteiger partial charge in [0.2, 0.25) is 0 Å². The van der Waals surface area contributed by atoms with Crippen LogP contribution in [0.5, 0.6) is 5.75 Å². The van der Waals surface area contributed by atoms with Crippen molar-refractivity contribution in [3.8, 4) is 5.75 Å². The quantitative estimate of drug-likeness (QED) is 0.669. The van der Waals surface area contributed by atoms with Gasteiger partial charge in [-0.2, -0.15) is 0 Å². The van der Waals surface area contributed by atoms with E-state index in [2.05, 4.69) is 0 Å². The number of carbonyl (C=O) groups is 1. The first-order chi connectivity index (χ1) is 8.68. The topological polar surface area (TPSA) is 37.3 Å². The van der Waals surface area contributed by atoms with Crippen LogP contribution in [0.2, 0.25) is 5.02 Å². The molecule has 2 aromatic carbocycles. The van der Waals surface area contributed by atoms with Crippen molar-refractivity contribution in [1.82, 2.24) is 0 Å². The molecule has 2 aromatic rings. The van der Waals surface area contributed by atoms with Crippen LogP contribution in [-0.4, -0.2) is 10.9 Å². The fraction of sp³-hybridized carbons (Fsp3) is 0. The van der Waals surface area contributed by atoms with Crippen molar-refractivity contribution in [3.63, 3.8) is 0 Å². The summed E-state index contributed by atoms with van der Waals surface area (Å²) in [6, 6.07) is 13.9. The molecule has 2 nitrogen and oxygen atoms in total. The van der Waals surface area contributed by atoms with Gasteiger partial charge in [0.25, 0.3) is 0 Å². The summed E-state index contributed by atoms with van der Waals surface area (Å²) in [5.41, 5.74) is 1.13. The summed E-state index contributed by atoms with van der Waals surface area (Å²) in [6.07, 6.45) is 2.97. The molecule has 0 radical (unpaired) electrons. The lowest BCUT2D eigenvalue weighted by atomic mass is 10.1. The van der Waals surface area contributed by atoms with Gasteiger partial charge in [0.05, 0.1) is 5.02 Å². The predicted octanol–water partition coefficient (Wildman–Crippen LogP) is 3.94. The number of halogens is 1. The summed E-state index contributed by atoms with van der Waals surface area (Å²) >= 11 is 5.78. The molecule has 90 valence electrons. The fourth-order valence-corrected chi connectivity index (χ4v) is 1.71. The van der Waals surface area contributed by atoms with Crippen LogP contribution in [0, 0.1) is 0 Å². The van der Waals surface area contributed by atoms with E-state index in [0.29, 0.717) is 11.1 Å². The number of rotatable bonds is 3. The Morgan fingerprint density at radius 2 is 1.78 bits per heavy atom. The number of carbonyl (C=O) groups excluding carboxylic acids is 1. The summed E-state index contributed by atoms with van der Waals surface area (Å²) in [5.74, 6) is -0.133. The number of phenols is 1. The summed E-state index contributed by atoms with van der Waals surface area (Å²) in [5, 5.41) is 9.95. The van der Waals surface area contributed by atoms with Crippen molar-refractivity contribution in [1.29, 1.82) is 0 Å². The molecule has 0 spiro atoms. The summed E-state index contributed by atoms with van der Waals surface area (Å²) in [4.78, 5) is 11.8. The van der Waals surface area contributed by atoms with E-state index in [9.17, 15) is 9.90 Å². The minimum atomic E-state index is -0.116. The van der Waals surface area contributed by atoms with E-state index in [0.717, 1.165) is 0 Å². The lowest BCUT2D eigenvalue weighted by molar-refractivity contribution is 0.104. The smallest absolute Gasteiger partial charge is 0.185 e. The highest BCUT2D eigenvalue weighted by molar-refractivity contribution is 6.32. The Balaban J connectivity index is 2.22. The lowest BCUT2D eigenvalue weighted by Gasteiger charge is -2.00. The maximum absolute atomic E-state index is 11.8. The van der Waals surface area contributed by atoms with Gasteiger partial charge < -0.3 is 5.11 Å². The second-order valence-corrected chi connectivity index (χ2v) is 4.15. The second kappa shape index (κ2) is 5.52. The molecule has 0 atom stereocenters. The van der Waals surface area contributed by atoms with E-state index < -0.39 is 0 Å². The average molecular weight is 259 g/mol. The van der Waals surface area contributed by atoms with Gasteiger partial charge in [0, 0.05) is 11.1 Å². The highest BCUT2D eigenvalue weighted by Crippen LogP contribution is 2.27. The van der Waals surface area contributed by atoms with E-state index in [4.69, 9.17) is 11.6 Å². The minimum Gasteiger partial charge on any atom is -0.506 e. The van der Waals surface area contributed by atoms with Crippen LogP contribution in [-0.2, 0) is 0 Å². The fourth-order valence-electron chi connectivity index (χ4n) is 1.53. The number of allylic oxidation sites excluding steroid dienone is 1. The molecule has 0 aromatic heterocycles. The van der Waals surface area contributed by atoms with Crippen LogP contribution in [0.25, 0.3) is 6.08 Å². The first-order valence-corrected chi connectivity index (χ1v) is 5.81. The number of hydrogen-bond donors (Lipinski definition) is 1. The van der Waals surface area contributed by atoms with Gasteiger partial charge in [-0.25, -0.2) is 0 Å². The molecular weight excluding hydrogens is 248 g/mol. The summed E-state index contributed by atoms with van der Waals surface area (Å²) < 4.78 is 0. The second-order valence-electron chi connectivity index (χ2n) is 3.74. The molecule has 18 heavy (non-hydrogen) atoms. The van der Waals surface area contributed by atoms with Crippen LogP contribution in [0.15, 0.2) is 54.6 Å². The predicted molar refractivity (Wildman–Crippen MR) is 72.9 cm³/mol. The third-order valence-corrected chi connectivity index (χ3v) is 2.80. The van der Waals surface area contributed by atoms with Gasteiger partial charge in [-0.05, 0) is 18.2 Å². The van der Waals surface area contributed by atoms with Crippen molar-refractivity contribution >= 4 is 23.5 Å². The molecule has 2 rings (SSSR count). The molecule has 0 bridgehead atoms. The number of benzene rings is 2. The van der Waals surface area contributed by atoms with E-state index in [1.165, 1.54) is 6.08 Å². The van der Waals surface area contributed by atoms with E-state index in [-0.39, 0.29) is 16.6 Å². The lowest BCUT2D eigenvalue weighted by Crippen LogP contribution is -1.92. The van der Waals surface area contributed by atoms with Gasteiger partial charge in [-0.3, -0.25) is 4.79 Å². The average Bonchev–Trinajstić information content (AvgIpc) is 2.41. The largest absolute Gasteiger partial charge is 0.506 e. The Labute approximate surface area is 110 Å². The van der Waals surface area contributed by atoms with Crippen molar-refractivity contribution in [2.24, 2.45) is 0 Å². The molecule has 1 N–H and O–H groups in total. The molecule has 0 heterocycles. The van der Waals surface area contributed by atoms with Crippen molar-refractivity contribution in [3.05, 3.63) is 70.8 Å². The normalized spacial score (nSPS) is 10.7. The molecule has 0 aliphatic rings. The van der Waals surface area contributed by atoms with Gasteiger partial charge >= 0.3 is 0 Å². The third kappa shape index (κ3) is 2.79. The number of aromatic hydroxyl groups is 1. The maximum atomic E-state index is 11.8. The Morgan fingerprint density at radius 1 is 1.06 bits per heavy atom. The van der Waals surface area contributed by atoms with Crippen molar-refractivity contribution in [2.45, 2.75) is 0 Å². The molecule has 0 saturated carbocycles. The minimum absolute atomic E-state index is 0.0173. The Bertz CT molecular complexity index is 589. The van der Waals surface area contributed by atoms with Crippen LogP contribution in [0.3, 0.4) is 0 Å². The Kier molecular flexibility index (Phi) is 3.80. The van der Waals surface area contributed by atoms with E-state index in [1.54, 1.807) is 48.5 Å². The van der Waals surface area contributed by atoms with E-state index in [1.807, 2.05) is 6.07 Å². The first-order valence-electron chi connectivity index (χ1n) is 5.43. The summed E-state index contributed by atoms with van der Waals surface area (Å²) in [7, 11) is 0. The standard InChI is InChI=1S/C15H11ClO2/c16-13-8-4-7-12(15(13)18)9-10-14(17)11-5-2-1-3-6-11/h1-10,18H/b10-9+. The Hall–Kier alpha value is -2.06. The molecule has 0 saturated heterocycles. The highest BCUT2D eigenvalue weighted by atomic mass is 35.5. The molecule has 3 heteroatoms.